The van der Waals surface area contributed by atoms with Gasteiger partial charge in [0.15, 0.2) is 0 Å². The van der Waals surface area contributed by atoms with Crippen LogP contribution in [-0.4, -0.2) is 45.2 Å². The predicted molar refractivity (Wildman–Crippen MR) is 111 cm³/mol. The monoisotopic (exact) mass is 472 g/mol. The summed E-state index contributed by atoms with van der Waals surface area (Å²) in [4.78, 5) is 12.8. The lowest BCUT2D eigenvalue weighted by Gasteiger charge is -2.20. The molecule has 1 heterocycles. The number of methoxy groups -OCH3 is 1. The van der Waals surface area contributed by atoms with Crippen molar-refractivity contribution in [3.05, 3.63) is 48.0 Å². The Labute approximate surface area is 184 Å². The second-order valence-electron chi connectivity index (χ2n) is 7.21. The first-order chi connectivity index (χ1) is 15.1. The molecule has 1 fully saturated rings. The second-order valence-corrected chi connectivity index (χ2v) is 9.14. The minimum atomic E-state index is -4.82. The van der Waals surface area contributed by atoms with Crippen molar-refractivity contribution in [2.75, 3.05) is 25.5 Å². The standard InChI is InChI=1S/C21H23F3N2O5S/c1-30-19-11-10-17(32(28,29)26-12-4-2-3-5-13-26)14-18(19)20(27)25-15-6-8-16(9-7-15)31-21(22,23)24/h6-11,14H,2-5,12-13H2,1H3,(H,25,27). The van der Waals surface area contributed by atoms with E-state index >= 15 is 0 Å². The molecule has 1 aliphatic rings. The summed E-state index contributed by atoms with van der Waals surface area (Å²) in [5.74, 6) is -0.938. The van der Waals surface area contributed by atoms with Crippen LogP contribution in [0.3, 0.4) is 0 Å². The maximum atomic E-state index is 13.1. The number of carbonyl (C=O) groups excluding carboxylic acids is 1. The average molecular weight is 472 g/mol. The van der Waals surface area contributed by atoms with Crippen molar-refractivity contribution in [2.45, 2.75) is 36.9 Å². The van der Waals surface area contributed by atoms with Gasteiger partial charge in [0.25, 0.3) is 5.91 Å². The molecule has 174 valence electrons. The first-order valence-electron chi connectivity index (χ1n) is 9.95. The van der Waals surface area contributed by atoms with Gasteiger partial charge < -0.3 is 14.8 Å². The molecule has 0 aromatic heterocycles. The van der Waals surface area contributed by atoms with Crippen LogP contribution in [0.1, 0.15) is 36.0 Å². The number of hydrogen-bond acceptors (Lipinski definition) is 5. The fraction of sp³-hybridized carbons (Fsp3) is 0.381. The quantitative estimate of drug-likeness (QED) is 0.673. The molecule has 1 saturated heterocycles. The van der Waals surface area contributed by atoms with Crippen LogP contribution in [0.4, 0.5) is 18.9 Å². The van der Waals surface area contributed by atoms with E-state index in [1.165, 1.54) is 41.7 Å². The topological polar surface area (TPSA) is 84.9 Å². The van der Waals surface area contributed by atoms with E-state index in [1.54, 1.807) is 0 Å². The summed E-state index contributed by atoms with van der Waals surface area (Å²) < 4.78 is 73.4. The third kappa shape index (κ3) is 5.92. The molecule has 0 atom stereocenters. The molecule has 1 aliphatic heterocycles. The van der Waals surface area contributed by atoms with Crippen molar-refractivity contribution in [1.82, 2.24) is 4.31 Å². The van der Waals surface area contributed by atoms with Crippen molar-refractivity contribution in [2.24, 2.45) is 0 Å². The Kier molecular flexibility index (Phi) is 7.29. The van der Waals surface area contributed by atoms with Crippen molar-refractivity contribution in [3.63, 3.8) is 0 Å². The van der Waals surface area contributed by atoms with Gasteiger partial charge in [-0.05, 0) is 55.3 Å². The molecule has 0 aliphatic carbocycles. The Bertz CT molecular complexity index is 1050. The summed E-state index contributed by atoms with van der Waals surface area (Å²) in [7, 11) is -2.44. The van der Waals surface area contributed by atoms with Gasteiger partial charge in [0.1, 0.15) is 11.5 Å². The number of halogens is 3. The molecule has 3 rings (SSSR count). The largest absolute Gasteiger partial charge is 0.573 e. The SMILES string of the molecule is COc1ccc(S(=O)(=O)N2CCCCCC2)cc1C(=O)Nc1ccc(OC(F)(F)F)cc1. The molecule has 11 heteroatoms. The maximum Gasteiger partial charge on any atom is 0.573 e. The summed E-state index contributed by atoms with van der Waals surface area (Å²) in [5.41, 5.74) is 0.186. The molecular formula is C21H23F3N2O5S. The van der Waals surface area contributed by atoms with Gasteiger partial charge >= 0.3 is 6.36 Å². The van der Waals surface area contributed by atoms with Gasteiger partial charge in [-0.15, -0.1) is 13.2 Å². The molecular weight excluding hydrogens is 449 g/mol. The highest BCUT2D eigenvalue weighted by atomic mass is 32.2. The molecule has 32 heavy (non-hydrogen) atoms. The van der Waals surface area contributed by atoms with Crippen LogP contribution in [0.2, 0.25) is 0 Å². The molecule has 0 spiro atoms. The Morgan fingerprint density at radius 3 is 2.19 bits per heavy atom. The molecule has 1 amide bonds. The zero-order valence-electron chi connectivity index (χ0n) is 17.3. The molecule has 0 bridgehead atoms. The van der Waals surface area contributed by atoms with Crippen LogP contribution in [0.25, 0.3) is 0 Å². The van der Waals surface area contributed by atoms with Crippen molar-refractivity contribution in [3.8, 4) is 11.5 Å². The summed E-state index contributed by atoms with van der Waals surface area (Å²) in [6.45, 7) is 0.838. The predicted octanol–water partition coefficient (Wildman–Crippen LogP) is 4.41. The highest BCUT2D eigenvalue weighted by molar-refractivity contribution is 7.89. The maximum absolute atomic E-state index is 13.1. The number of carbonyl (C=O) groups is 1. The fourth-order valence-corrected chi connectivity index (χ4v) is 4.94. The Balaban J connectivity index is 1.82. The van der Waals surface area contributed by atoms with E-state index in [9.17, 15) is 26.4 Å². The third-order valence-electron chi connectivity index (χ3n) is 4.96. The number of anilines is 1. The van der Waals surface area contributed by atoms with Crippen molar-refractivity contribution < 1.29 is 35.9 Å². The first-order valence-corrected chi connectivity index (χ1v) is 11.4. The number of hydrogen-bond donors (Lipinski definition) is 1. The van der Waals surface area contributed by atoms with Crippen LogP contribution in [0, 0.1) is 0 Å². The molecule has 0 unspecified atom stereocenters. The molecule has 2 aromatic carbocycles. The molecule has 1 N–H and O–H groups in total. The van der Waals surface area contributed by atoms with Crippen molar-refractivity contribution >= 4 is 21.6 Å². The van der Waals surface area contributed by atoms with E-state index in [4.69, 9.17) is 4.74 Å². The van der Waals surface area contributed by atoms with E-state index < -0.39 is 28.0 Å². The first kappa shape index (κ1) is 23.9. The minimum Gasteiger partial charge on any atom is -0.496 e. The number of nitrogens with one attached hydrogen (secondary N) is 1. The number of rotatable bonds is 6. The molecule has 7 nitrogen and oxygen atoms in total. The van der Waals surface area contributed by atoms with Gasteiger partial charge in [-0.25, -0.2) is 8.42 Å². The van der Waals surface area contributed by atoms with E-state index in [1.807, 2.05) is 0 Å². The van der Waals surface area contributed by atoms with Gasteiger partial charge in [-0.2, -0.15) is 4.31 Å². The van der Waals surface area contributed by atoms with Crippen LogP contribution < -0.4 is 14.8 Å². The lowest BCUT2D eigenvalue weighted by atomic mass is 10.2. The van der Waals surface area contributed by atoms with Crippen LogP contribution in [0.15, 0.2) is 47.4 Å². The summed E-state index contributed by atoms with van der Waals surface area (Å²) in [6.07, 6.45) is -1.34. The minimum absolute atomic E-state index is 0.0148. The number of nitrogens with zero attached hydrogens (tertiary/aromatic N) is 1. The number of amides is 1. The normalized spacial score (nSPS) is 15.6. The Morgan fingerprint density at radius 1 is 1.00 bits per heavy atom. The van der Waals surface area contributed by atoms with E-state index in [2.05, 4.69) is 10.1 Å². The summed E-state index contributed by atoms with van der Waals surface area (Å²) in [6, 6.07) is 8.63. The van der Waals surface area contributed by atoms with E-state index in [0.717, 1.165) is 37.8 Å². The van der Waals surface area contributed by atoms with Gasteiger partial charge in [-0.3, -0.25) is 4.79 Å². The fourth-order valence-electron chi connectivity index (χ4n) is 3.39. The third-order valence-corrected chi connectivity index (χ3v) is 6.86. The second kappa shape index (κ2) is 9.78. The molecule has 0 radical (unpaired) electrons. The highest BCUT2D eigenvalue weighted by Gasteiger charge is 2.31. The van der Waals surface area contributed by atoms with E-state index in [0.29, 0.717) is 13.1 Å². The lowest BCUT2D eigenvalue weighted by molar-refractivity contribution is -0.274. The number of sulfonamides is 1. The number of alkyl halides is 3. The van der Waals surface area contributed by atoms with Gasteiger partial charge in [0, 0.05) is 18.8 Å². The van der Waals surface area contributed by atoms with Crippen molar-refractivity contribution in [1.29, 1.82) is 0 Å². The Hall–Kier alpha value is -2.79. The smallest absolute Gasteiger partial charge is 0.496 e. The summed E-state index contributed by atoms with van der Waals surface area (Å²) in [5, 5.41) is 2.53. The lowest BCUT2D eigenvalue weighted by Crippen LogP contribution is -2.32. The summed E-state index contributed by atoms with van der Waals surface area (Å²) >= 11 is 0. The molecule has 0 saturated carbocycles. The Morgan fingerprint density at radius 2 is 1.62 bits per heavy atom. The van der Waals surface area contributed by atoms with E-state index in [-0.39, 0.29) is 21.9 Å². The van der Waals surface area contributed by atoms with Gasteiger partial charge in [-0.1, -0.05) is 12.8 Å². The molecule has 2 aromatic rings. The van der Waals surface area contributed by atoms with Gasteiger partial charge in [0.2, 0.25) is 10.0 Å². The number of ether oxygens (including phenoxy) is 2. The number of benzene rings is 2. The van der Waals surface area contributed by atoms with Gasteiger partial charge in [0.05, 0.1) is 17.6 Å². The van der Waals surface area contributed by atoms with Crippen LogP contribution >= 0.6 is 0 Å². The zero-order chi connectivity index (χ0) is 23.4. The van der Waals surface area contributed by atoms with Crippen LogP contribution in [0.5, 0.6) is 11.5 Å². The zero-order valence-corrected chi connectivity index (χ0v) is 18.1. The van der Waals surface area contributed by atoms with Crippen LogP contribution in [-0.2, 0) is 10.0 Å². The highest BCUT2D eigenvalue weighted by Crippen LogP contribution is 2.28. The average Bonchev–Trinajstić information content (AvgIpc) is 3.04.